The van der Waals surface area contributed by atoms with Crippen LogP contribution in [0.3, 0.4) is 0 Å². The summed E-state index contributed by atoms with van der Waals surface area (Å²) in [5.74, 6) is 0.304. The number of aromatic hydroxyl groups is 1. The standard InChI is InChI=1S/C12H9NO/c14-11-7-3-5-9-8-4-1-2-6-10(8)13-12(9)11/h1-7,13-14H. The third-order valence-electron chi connectivity index (χ3n) is 2.52. The SMILES string of the molecule is Oc1cccc2c1[nH]c1ccccc12. The predicted molar refractivity (Wildman–Crippen MR) is 57.5 cm³/mol. The lowest BCUT2D eigenvalue weighted by molar-refractivity contribution is 0.480. The van der Waals surface area contributed by atoms with Gasteiger partial charge >= 0.3 is 0 Å². The molecule has 0 bridgehead atoms. The number of phenols is 1. The number of para-hydroxylation sites is 2. The van der Waals surface area contributed by atoms with Crippen LogP contribution in [0.1, 0.15) is 0 Å². The summed E-state index contributed by atoms with van der Waals surface area (Å²) < 4.78 is 0. The summed E-state index contributed by atoms with van der Waals surface area (Å²) in [7, 11) is 0. The number of aromatic nitrogens is 1. The third-order valence-corrected chi connectivity index (χ3v) is 2.52. The molecule has 0 aliphatic carbocycles. The van der Waals surface area contributed by atoms with Crippen molar-refractivity contribution in [1.82, 2.24) is 4.98 Å². The van der Waals surface area contributed by atoms with E-state index in [-0.39, 0.29) is 0 Å². The van der Waals surface area contributed by atoms with Gasteiger partial charge in [0.05, 0.1) is 5.52 Å². The van der Waals surface area contributed by atoms with Gasteiger partial charge in [0, 0.05) is 16.3 Å². The molecular weight excluding hydrogens is 174 g/mol. The number of phenolic OH excluding ortho intramolecular Hbond substituents is 1. The van der Waals surface area contributed by atoms with Gasteiger partial charge in [-0.2, -0.15) is 0 Å². The number of hydrogen-bond donors (Lipinski definition) is 2. The molecule has 0 amide bonds. The maximum Gasteiger partial charge on any atom is 0.139 e. The molecule has 0 saturated carbocycles. The molecule has 3 rings (SSSR count). The summed E-state index contributed by atoms with van der Waals surface area (Å²) in [5.41, 5.74) is 1.87. The van der Waals surface area contributed by atoms with Crippen molar-refractivity contribution in [3.63, 3.8) is 0 Å². The monoisotopic (exact) mass is 183 g/mol. The van der Waals surface area contributed by atoms with E-state index in [0.29, 0.717) is 5.75 Å². The lowest BCUT2D eigenvalue weighted by Crippen LogP contribution is -1.68. The average Bonchev–Trinajstić information content (AvgIpc) is 2.59. The van der Waals surface area contributed by atoms with Crippen LogP contribution in [0, 0.1) is 0 Å². The first-order chi connectivity index (χ1) is 6.86. The first-order valence-corrected chi connectivity index (χ1v) is 4.54. The van der Waals surface area contributed by atoms with Crippen molar-refractivity contribution in [2.45, 2.75) is 0 Å². The summed E-state index contributed by atoms with van der Waals surface area (Å²) in [6.45, 7) is 0. The summed E-state index contributed by atoms with van der Waals surface area (Å²) >= 11 is 0. The number of rotatable bonds is 0. The molecule has 0 spiro atoms. The van der Waals surface area contributed by atoms with Crippen molar-refractivity contribution in [2.24, 2.45) is 0 Å². The summed E-state index contributed by atoms with van der Waals surface area (Å²) in [4.78, 5) is 3.20. The van der Waals surface area contributed by atoms with Crippen molar-refractivity contribution < 1.29 is 5.11 Å². The van der Waals surface area contributed by atoms with Crippen LogP contribution >= 0.6 is 0 Å². The molecule has 2 N–H and O–H groups in total. The van der Waals surface area contributed by atoms with Crippen LogP contribution in [0.25, 0.3) is 21.8 Å². The normalized spacial score (nSPS) is 11.1. The van der Waals surface area contributed by atoms with E-state index >= 15 is 0 Å². The van der Waals surface area contributed by atoms with Crippen LogP contribution < -0.4 is 0 Å². The molecule has 68 valence electrons. The minimum Gasteiger partial charge on any atom is -0.506 e. The Balaban J connectivity index is 2.63. The van der Waals surface area contributed by atoms with Gasteiger partial charge < -0.3 is 10.1 Å². The number of benzene rings is 2. The van der Waals surface area contributed by atoms with Gasteiger partial charge in [0.2, 0.25) is 0 Å². The quantitative estimate of drug-likeness (QED) is 0.552. The zero-order valence-corrected chi connectivity index (χ0v) is 7.49. The Morgan fingerprint density at radius 2 is 1.64 bits per heavy atom. The number of hydrogen-bond acceptors (Lipinski definition) is 1. The van der Waals surface area contributed by atoms with Gasteiger partial charge in [0.1, 0.15) is 5.75 Å². The number of aromatic amines is 1. The van der Waals surface area contributed by atoms with Gasteiger partial charge in [0.25, 0.3) is 0 Å². The van der Waals surface area contributed by atoms with E-state index in [1.54, 1.807) is 6.07 Å². The molecule has 1 heterocycles. The molecule has 0 unspecified atom stereocenters. The van der Waals surface area contributed by atoms with E-state index in [0.717, 1.165) is 21.8 Å². The van der Waals surface area contributed by atoms with E-state index in [2.05, 4.69) is 4.98 Å². The highest BCUT2D eigenvalue weighted by Gasteiger charge is 2.05. The fourth-order valence-electron chi connectivity index (χ4n) is 1.86. The Morgan fingerprint density at radius 1 is 0.857 bits per heavy atom. The van der Waals surface area contributed by atoms with E-state index in [9.17, 15) is 5.11 Å². The first kappa shape index (κ1) is 7.44. The van der Waals surface area contributed by atoms with Crippen LogP contribution in [-0.2, 0) is 0 Å². The van der Waals surface area contributed by atoms with Crippen LogP contribution in [-0.4, -0.2) is 10.1 Å². The van der Waals surface area contributed by atoms with Crippen molar-refractivity contribution in [3.05, 3.63) is 42.5 Å². The summed E-state index contributed by atoms with van der Waals surface area (Å²) in [5, 5.41) is 11.9. The molecule has 1 aromatic heterocycles. The van der Waals surface area contributed by atoms with Gasteiger partial charge in [-0.25, -0.2) is 0 Å². The second kappa shape index (κ2) is 2.51. The summed E-state index contributed by atoms with van der Waals surface area (Å²) in [6, 6.07) is 13.6. The zero-order chi connectivity index (χ0) is 9.54. The van der Waals surface area contributed by atoms with Gasteiger partial charge in [-0.1, -0.05) is 30.3 Å². The Bertz CT molecular complexity index is 610. The second-order valence-corrected chi connectivity index (χ2v) is 3.37. The fourth-order valence-corrected chi connectivity index (χ4v) is 1.86. The van der Waals surface area contributed by atoms with Crippen molar-refractivity contribution in [2.75, 3.05) is 0 Å². The average molecular weight is 183 g/mol. The van der Waals surface area contributed by atoms with Gasteiger partial charge in [0.15, 0.2) is 0 Å². The van der Waals surface area contributed by atoms with Crippen LogP contribution in [0.2, 0.25) is 0 Å². The molecule has 0 atom stereocenters. The van der Waals surface area contributed by atoms with E-state index < -0.39 is 0 Å². The van der Waals surface area contributed by atoms with E-state index in [1.807, 2.05) is 36.4 Å². The largest absolute Gasteiger partial charge is 0.506 e. The Hall–Kier alpha value is -1.96. The minimum absolute atomic E-state index is 0.304. The van der Waals surface area contributed by atoms with Gasteiger partial charge in [-0.05, 0) is 12.1 Å². The topological polar surface area (TPSA) is 36.0 Å². The number of nitrogens with one attached hydrogen (secondary N) is 1. The second-order valence-electron chi connectivity index (χ2n) is 3.37. The molecule has 2 heteroatoms. The number of H-pyrrole nitrogens is 1. The Kier molecular flexibility index (Phi) is 1.34. The molecule has 3 aromatic rings. The molecule has 2 nitrogen and oxygen atoms in total. The molecule has 2 aromatic carbocycles. The molecule has 0 aliphatic rings. The lowest BCUT2D eigenvalue weighted by Gasteiger charge is -1.92. The molecule has 0 saturated heterocycles. The van der Waals surface area contributed by atoms with Crippen molar-refractivity contribution in [1.29, 1.82) is 0 Å². The predicted octanol–water partition coefficient (Wildman–Crippen LogP) is 3.03. The minimum atomic E-state index is 0.304. The first-order valence-electron chi connectivity index (χ1n) is 4.54. The Morgan fingerprint density at radius 3 is 2.57 bits per heavy atom. The zero-order valence-electron chi connectivity index (χ0n) is 7.49. The molecule has 0 aliphatic heterocycles. The van der Waals surface area contributed by atoms with Crippen LogP contribution in [0.4, 0.5) is 0 Å². The molecule has 0 fully saturated rings. The fraction of sp³-hybridized carbons (Fsp3) is 0. The highest BCUT2D eigenvalue weighted by molar-refractivity contribution is 6.08. The highest BCUT2D eigenvalue weighted by atomic mass is 16.3. The lowest BCUT2D eigenvalue weighted by atomic mass is 10.1. The van der Waals surface area contributed by atoms with Gasteiger partial charge in [-0.15, -0.1) is 0 Å². The highest BCUT2D eigenvalue weighted by Crippen LogP contribution is 2.30. The third kappa shape index (κ3) is 0.852. The summed E-state index contributed by atoms with van der Waals surface area (Å²) in [6.07, 6.45) is 0. The molecular formula is C12H9NO. The van der Waals surface area contributed by atoms with Crippen molar-refractivity contribution >= 4 is 21.8 Å². The molecule has 0 radical (unpaired) electrons. The maximum absolute atomic E-state index is 9.64. The smallest absolute Gasteiger partial charge is 0.139 e. The van der Waals surface area contributed by atoms with Crippen molar-refractivity contribution in [3.8, 4) is 5.75 Å². The van der Waals surface area contributed by atoms with Gasteiger partial charge in [-0.3, -0.25) is 0 Å². The number of fused-ring (bicyclic) bond motifs is 3. The van der Waals surface area contributed by atoms with E-state index in [4.69, 9.17) is 0 Å². The molecule has 14 heavy (non-hydrogen) atoms. The Labute approximate surface area is 80.8 Å². The van der Waals surface area contributed by atoms with E-state index in [1.165, 1.54) is 0 Å². The van der Waals surface area contributed by atoms with Crippen LogP contribution in [0.15, 0.2) is 42.5 Å². The maximum atomic E-state index is 9.64. The van der Waals surface area contributed by atoms with Crippen LogP contribution in [0.5, 0.6) is 5.75 Å².